The Morgan fingerprint density at radius 3 is 2.12 bits per heavy atom. The molecule has 3 fully saturated rings. The number of carbonyl (C=O) groups excluding carboxylic acids is 1. The lowest BCUT2D eigenvalue weighted by molar-refractivity contribution is -0.134. The zero-order chi connectivity index (χ0) is 17.1. The molecule has 1 aliphatic carbocycles. The predicted octanol–water partition coefficient (Wildman–Crippen LogP) is 2.45. The number of piperidine rings is 1. The van der Waals surface area contributed by atoms with Crippen LogP contribution in [0.2, 0.25) is 0 Å². The van der Waals surface area contributed by atoms with E-state index in [1.807, 2.05) is 0 Å². The molecule has 0 unspecified atom stereocenters. The minimum atomic E-state index is 0.384. The summed E-state index contributed by atoms with van der Waals surface area (Å²) in [4.78, 5) is 19.5. The quantitative estimate of drug-likeness (QED) is 0.823. The molecule has 0 aromatic heterocycles. The summed E-state index contributed by atoms with van der Waals surface area (Å²) in [7, 11) is 0. The number of rotatable bonds is 5. The van der Waals surface area contributed by atoms with E-state index in [1.54, 1.807) is 0 Å². The molecule has 0 spiro atoms. The predicted molar refractivity (Wildman–Crippen MR) is 100 cm³/mol. The van der Waals surface area contributed by atoms with Gasteiger partial charge in [-0.25, -0.2) is 0 Å². The maximum absolute atomic E-state index is 12.2. The SMILES string of the molecule is O=C(C1CC1)N1CCC(CN2CCN(Cc3ccccc3)CC2)CC1. The summed E-state index contributed by atoms with van der Waals surface area (Å²) in [6.07, 6.45) is 4.66. The van der Waals surface area contributed by atoms with E-state index < -0.39 is 0 Å². The van der Waals surface area contributed by atoms with Crippen LogP contribution in [0.25, 0.3) is 0 Å². The van der Waals surface area contributed by atoms with Crippen molar-refractivity contribution < 1.29 is 4.79 Å². The standard InChI is InChI=1S/C21H31N3O/c25-21(20-6-7-20)24-10-8-19(9-11-24)17-23-14-12-22(13-15-23)16-18-4-2-1-3-5-18/h1-5,19-20H,6-17H2. The van der Waals surface area contributed by atoms with Crippen LogP contribution < -0.4 is 0 Å². The maximum Gasteiger partial charge on any atom is 0.225 e. The molecule has 4 nitrogen and oxygen atoms in total. The molecule has 4 rings (SSSR count). The number of nitrogens with zero attached hydrogens (tertiary/aromatic N) is 3. The molecule has 0 atom stereocenters. The molecule has 2 heterocycles. The second-order valence-electron chi connectivity index (χ2n) is 8.11. The van der Waals surface area contributed by atoms with Crippen molar-refractivity contribution in [2.24, 2.45) is 11.8 Å². The van der Waals surface area contributed by atoms with Crippen LogP contribution in [0, 0.1) is 11.8 Å². The van der Waals surface area contributed by atoms with Crippen molar-refractivity contribution in [3.8, 4) is 0 Å². The molecule has 2 saturated heterocycles. The zero-order valence-electron chi connectivity index (χ0n) is 15.3. The van der Waals surface area contributed by atoms with Gasteiger partial charge in [-0.2, -0.15) is 0 Å². The Kier molecular flexibility index (Phi) is 5.37. The Bertz CT molecular complexity index is 556. The molecular formula is C21H31N3O. The molecule has 2 aliphatic heterocycles. The number of amides is 1. The van der Waals surface area contributed by atoms with Crippen LogP contribution in [0.4, 0.5) is 0 Å². The Morgan fingerprint density at radius 1 is 0.840 bits per heavy atom. The van der Waals surface area contributed by atoms with Crippen LogP contribution in [0.5, 0.6) is 0 Å². The minimum Gasteiger partial charge on any atom is -0.342 e. The summed E-state index contributed by atoms with van der Waals surface area (Å²) in [5.74, 6) is 1.60. The van der Waals surface area contributed by atoms with Gasteiger partial charge in [0.15, 0.2) is 0 Å². The fourth-order valence-corrected chi connectivity index (χ4v) is 4.26. The second kappa shape index (κ2) is 7.88. The van der Waals surface area contributed by atoms with Crippen LogP contribution in [0.15, 0.2) is 30.3 Å². The number of likely N-dealkylation sites (tertiary alicyclic amines) is 1. The molecule has 3 aliphatic rings. The lowest BCUT2D eigenvalue weighted by atomic mass is 9.95. The van der Waals surface area contributed by atoms with Gasteiger partial charge in [0.2, 0.25) is 5.91 Å². The summed E-state index contributed by atoms with van der Waals surface area (Å²) in [5.41, 5.74) is 1.42. The average Bonchev–Trinajstić information content (AvgIpc) is 3.50. The lowest BCUT2D eigenvalue weighted by Gasteiger charge is -2.39. The Hall–Kier alpha value is -1.39. The van der Waals surface area contributed by atoms with E-state index in [1.165, 1.54) is 51.1 Å². The van der Waals surface area contributed by atoms with Crippen molar-refractivity contribution in [1.29, 1.82) is 0 Å². The van der Waals surface area contributed by atoms with Crippen molar-refractivity contribution >= 4 is 5.91 Å². The summed E-state index contributed by atoms with van der Waals surface area (Å²) in [5, 5.41) is 0. The van der Waals surface area contributed by atoms with Gasteiger partial charge in [-0.3, -0.25) is 9.69 Å². The Labute approximate surface area is 151 Å². The van der Waals surface area contributed by atoms with E-state index >= 15 is 0 Å². The summed E-state index contributed by atoms with van der Waals surface area (Å²) in [6.45, 7) is 9.02. The molecule has 136 valence electrons. The third kappa shape index (κ3) is 4.62. The van der Waals surface area contributed by atoms with Gasteiger partial charge in [0, 0.05) is 58.3 Å². The van der Waals surface area contributed by atoms with Gasteiger partial charge in [0.1, 0.15) is 0 Å². The zero-order valence-corrected chi connectivity index (χ0v) is 15.3. The summed E-state index contributed by atoms with van der Waals surface area (Å²) < 4.78 is 0. The van der Waals surface area contributed by atoms with Gasteiger partial charge in [-0.05, 0) is 37.2 Å². The van der Waals surface area contributed by atoms with Gasteiger partial charge in [0.25, 0.3) is 0 Å². The smallest absolute Gasteiger partial charge is 0.225 e. The van der Waals surface area contributed by atoms with Gasteiger partial charge in [-0.1, -0.05) is 30.3 Å². The molecule has 0 N–H and O–H groups in total. The van der Waals surface area contributed by atoms with Crippen molar-refractivity contribution in [1.82, 2.24) is 14.7 Å². The first-order valence-electron chi connectivity index (χ1n) is 10.1. The molecule has 1 saturated carbocycles. The third-order valence-electron chi connectivity index (χ3n) is 6.08. The van der Waals surface area contributed by atoms with Crippen LogP contribution in [-0.2, 0) is 11.3 Å². The highest BCUT2D eigenvalue weighted by Crippen LogP contribution is 2.32. The van der Waals surface area contributed by atoms with Crippen LogP contribution in [-0.4, -0.2) is 66.4 Å². The highest BCUT2D eigenvalue weighted by molar-refractivity contribution is 5.81. The van der Waals surface area contributed by atoms with E-state index in [4.69, 9.17) is 0 Å². The van der Waals surface area contributed by atoms with Crippen molar-refractivity contribution in [2.45, 2.75) is 32.2 Å². The second-order valence-corrected chi connectivity index (χ2v) is 8.11. The largest absolute Gasteiger partial charge is 0.342 e. The highest BCUT2D eigenvalue weighted by atomic mass is 16.2. The molecule has 25 heavy (non-hydrogen) atoms. The molecule has 4 heteroatoms. The fraction of sp³-hybridized carbons (Fsp3) is 0.667. The lowest BCUT2D eigenvalue weighted by Crippen LogP contribution is -2.48. The van der Waals surface area contributed by atoms with Gasteiger partial charge >= 0.3 is 0 Å². The topological polar surface area (TPSA) is 26.8 Å². The third-order valence-corrected chi connectivity index (χ3v) is 6.08. The van der Waals surface area contributed by atoms with E-state index in [-0.39, 0.29) is 0 Å². The van der Waals surface area contributed by atoms with Crippen molar-refractivity contribution in [3.05, 3.63) is 35.9 Å². The average molecular weight is 341 g/mol. The van der Waals surface area contributed by atoms with Crippen LogP contribution in [0.3, 0.4) is 0 Å². The first-order valence-corrected chi connectivity index (χ1v) is 10.1. The number of carbonyl (C=O) groups is 1. The summed E-state index contributed by atoms with van der Waals surface area (Å²) >= 11 is 0. The molecule has 1 aromatic rings. The number of hydrogen-bond acceptors (Lipinski definition) is 3. The van der Waals surface area contributed by atoms with Crippen LogP contribution in [0.1, 0.15) is 31.2 Å². The Morgan fingerprint density at radius 2 is 1.48 bits per heavy atom. The first-order chi connectivity index (χ1) is 12.3. The van der Waals surface area contributed by atoms with Crippen LogP contribution >= 0.6 is 0 Å². The fourth-order valence-electron chi connectivity index (χ4n) is 4.26. The Balaban J connectivity index is 1.16. The molecule has 0 bridgehead atoms. The molecular weight excluding hydrogens is 310 g/mol. The first kappa shape index (κ1) is 17.0. The molecule has 1 aromatic carbocycles. The van der Waals surface area contributed by atoms with E-state index in [0.717, 1.165) is 38.4 Å². The normalized spacial score (nSPS) is 23.8. The molecule has 0 radical (unpaired) electrons. The van der Waals surface area contributed by atoms with Crippen molar-refractivity contribution in [3.63, 3.8) is 0 Å². The van der Waals surface area contributed by atoms with E-state index in [9.17, 15) is 4.79 Å². The maximum atomic E-state index is 12.2. The number of hydrogen-bond donors (Lipinski definition) is 0. The molecule has 1 amide bonds. The summed E-state index contributed by atoms with van der Waals surface area (Å²) in [6, 6.07) is 10.8. The van der Waals surface area contributed by atoms with E-state index in [2.05, 4.69) is 45.0 Å². The highest BCUT2D eigenvalue weighted by Gasteiger charge is 2.35. The number of piperazine rings is 1. The number of benzene rings is 1. The van der Waals surface area contributed by atoms with Crippen molar-refractivity contribution in [2.75, 3.05) is 45.8 Å². The van der Waals surface area contributed by atoms with Gasteiger partial charge < -0.3 is 9.80 Å². The monoisotopic (exact) mass is 341 g/mol. The van der Waals surface area contributed by atoms with E-state index in [0.29, 0.717) is 11.8 Å². The van der Waals surface area contributed by atoms with Gasteiger partial charge in [0.05, 0.1) is 0 Å². The minimum absolute atomic E-state index is 0.384. The van der Waals surface area contributed by atoms with Gasteiger partial charge in [-0.15, -0.1) is 0 Å².